The topological polar surface area (TPSA) is 66.9 Å². The first-order valence-corrected chi connectivity index (χ1v) is 11.2. The number of hydrogen-bond acceptors (Lipinski definition) is 4. The summed E-state index contributed by atoms with van der Waals surface area (Å²) in [6.45, 7) is 9.29. The highest BCUT2D eigenvalue weighted by atomic mass is 32.2. The van der Waals surface area contributed by atoms with Crippen LogP contribution in [0.5, 0.6) is 5.75 Å². The van der Waals surface area contributed by atoms with E-state index in [-0.39, 0.29) is 22.6 Å². The number of sulfonamides is 1. The number of benzene rings is 1. The van der Waals surface area contributed by atoms with Crippen molar-refractivity contribution in [3.63, 3.8) is 0 Å². The van der Waals surface area contributed by atoms with Gasteiger partial charge in [0, 0.05) is 31.2 Å². The van der Waals surface area contributed by atoms with Crippen molar-refractivity contribution in [2.45, 2.75) is 57.9 Å². The van der Waals surface area contributed by atoms with Gasteiger partial charge in [-0.15, -0.1) is 0 Å². The molecule has 0 spiro atoms. The van der Waals surface area contributed by atoms with E-state index >= 15 is 0 Å². The van der Waals surface area contributed by atoms with Crippen molar-refractivity contribution in [3.8, 4) is 5.75 Å². The quantitative estimate of drug-likeness (QED) is 0.608. The van der Waals surface area contributed by atoms with Crippen molar-refractivity contribution in [1.29, 1.82) is 0 Å². The van der Waals surface area contributed by atoms with Gasteiger partial charge in [-0.05, 0) is 43.4 Å². The standard InChI is InChI=1S/C20H32N2O4S/c1-6-21(7-2)27(24,25)19-14-16(8-11-18(19)26-5)20(23)22(17-9-10-17)13-12-15(3)4/h8,11,14-15,17H,6-7,9-10,12-13H2,1-5H3. The van der Waals surface area contributed by atoms with Crippen LogP contribution in [0.4, 0.5) is 0 Å². The van der Waals surface area contributed by atoms with E-state index in [0.717, 1.165) is 19.3 Å². The monoisotopic (exact) mass is 396 g/mol. The minimum absolute atomic E-state index is 0.0548. The van der Waals surface area contributed by atoms with Gasteiger partial charge in [-0.3, -0.25) is 4.79 Å². The molecule has 0 aliphatic heterocycles. The molecule has 2 rings (SSSR count). The Kier molecular flexibility index (Phi) is 7.28. The third-order valence-corrected chi connectivity index (χ3v) is 7.00. The Hall–Kier alpha value is -1.60. The largest absolute Gasteiger partial charge is 0.495 e. The minimum Gasteiger partial charge on any atom is -0.495 e. The summed E-state index contributed by atoms with van der Waals surface area (Å²) in [6.07, 6.45) is 2.97. The molecule has 0 N–H and O–H groups in total. The average molecular weight is 397 g/mol. The van der Waals surface area contributed by atoms with Crippen molar-refractivity contribution in [2.75, 3.05) is 26.7 Å². The molecule has 152 valence electrons. The maximum Gasteiger partial charge on any atom is 0.254 e. The van der Waals surface area contributed by atoms with Crippen molar-refractivity contribution < 1.29 is 17.9 Å². The fourth-order valence-corrected chi connectivity index (χ4v) is 4.75. The van der Waals surface area contributed by atoms with E-state index in [1.165, 1.54) is 17.5 Å². The molecule has 1 aliphatic rings. The molecule has 0 unspecified atom stereocenters. The first kappa shape index (κ1) is 21.7. The lowest BCUT2D eigenvalue weighted by Crippen LogP contribution is -2.35. The van der Waals surface area contributed by atoms with E-state index in [0.29, 0.717) is 31.1 Å². The average Bonchev–Trinajstić information content (AvgIpc) is 3.46. The van der Waals surface area contributed by atoms with Crippen LogP contribution < -0.4 is 4.74 Å². The molecule has 0 radical (unpaired) electrons. The molecule has 1 aliphatic carbocycles. The number of nitrogens with zero attached hydrogens (tertiary/aromatic N) is 2. The Bertz CT molecular complexity index is 753. The number of methoxy groups -OCH3 is 1. The van der Waals surface area contributed by atoms with Crippen molar-refractivity contribution in [1.82, 2.24) is 9.21 Å². The summed E-state index contributed by atoms with van der Waals surface area (Å²) >= 11 is 0. The van der Waals surface area contributed by atoms with Gasteiger partial charge in [0.2, 0.25) is 10.0 Å². The summed E-state index contributed by atoms with van der Waals surface area (Å²) in [5.74, 6) is 0.670. The lowest BCUT2D eigenvalue weighted by atomic mass is 10.1. The van der Waals surface area contributed by atoms with Crippen molar-refractivity contribution in [2.24, 2.45) is 5.92 Å². The molecular formula is C20H32N2O4S. The van der Waals surface area contributed by atoms with Crippen LogP contribution in [-0.2, 0) is 10.0 Å². The first-order valence-electron chi connectivity index (χ1n) is 9.75. The van der Waals surface area contributed by atoms with Crippen LogP contribution in [0.3, 0.4) is 0 Å². The lowest BCUT2D eigenvalue weighted by Gasteiger charge is -2.25. The molecule has 1 aromatic rings. The SMILES string of the molecule is CCN(CC)S(=O)(=O)c1cc(C(=O)N(CCC(C)C)C2CC2)ccc1OC. The Morgan fingerprint density at radius 1 is 1.22 bits per heavy atom. The van der Waals surface area contributed by atoms with Crippen LogP contribution in [0, 0.1) is 5.92 Å². The van der Waals surface area contributed by atoms with Crippen LogP contribution in [0.15, 0.2) is 23.1 Å². The number of amides is 1. The molecular weight excluding hydrogens is 364 g/mol. The molecule has 0 atom stereocenters. The summed E-state index contributed by atoms with van der Waals surface area (Å²) in [6, 6.07) is 4.99. The summed E-state index contributed by atoms with van der Waals surface area (Å²) in [4.78, 5) is 15.1. The zero-order valence-electron chi connectivity index (χ0n) is 17.1. The smallest absolute Gasteiger partial charge is 0.254 e. The van der Waals surface area contributed by atoms with E-state index in [1.807, 2.05) is 4.90 Å². The van der Waals surface area contributed by atoms with Gasteiger partial charge in [-0.25, -0.2) is 8.42 Å². The molecule has 0 heterocycles. The number of carbonyl (C=O) groups is 1. The second-order valence-corrected chi connectivity index (χ2v) is 9.27. The van der Waals surface area contributed by atoms with Crippen LogP contribution in [-0.4, -0.2) is 56.3 Å². The van der Waals surface area contributed by atoms with Gasteiger partial charge in [0.15, 0.2) is 0 Å². The molecule has 27 heavy (non-hydrogen) atoms. The van der Waals surface area contributed by atoms with Gasteiger partial charge in [0.05, 0.1) is 7.11 Å². The molecule has 1 aromatic carbocycles. The van der Waals surface area contributed by atoms with Gasteiger partial charge in [-0.1, -0.05) is 27.7 Å². The maximum atomic E-state index is 13.1. The second kappa shape index (κ2) is 9.06. The van der Waals surface area contributed by atoms with E-state index in [2.05, 4.69) is 13.8 Å². The predicted molar refractivity (Wildman–Crippen MR) is 107 cm³/mol. The highest BCUT2D eigenvalue weighted by Crippen LogP contribution is 2.32. The maximum absolute atomic E-state index is 13.1. The van der Waals surface area contributed by atoms with E-state index < -0.39 is 10.0 Å². The molecule has 1 fully saturated rings. The normalized spacial score (nSPS) is 14.6. The third kappa shape index (κ3) is 5.02. The Balaban J connectivity index is 2.39. The Morgan fingerprint density at radius 2 is 1.85 bits per heavy atom. The van der Waals surface area contributed by atoms with Crippen LogP contribution >= 0.6 is 0 Å². The van der Waals surface area contributed by atoms with Crippen molar-refractivity contribution >= 4 is 15.9 Å². The molecule has 0 bridgehead atoms. The molecule has 1 amide bonds. The Morgan fingerprint density at radius 3 is 2.33 bits per heavy atom. The second-order valence-electron chi connectivity index (χ2n) is 7.37. The van der Waals surface area contributed by atoms with Gasteiger partial charge in [-0.2, -0.15) is 4.31 Å². The van der Waals surface area contributed by atoms with E-state index in [1.54, 1.807) is 26.0 Å². The minimum atomic E-state index is -3.72. The van der Waals surface area contributed by atoms with Crippen LogP contribution in [0.1, 0.15) is 57.3 Å². The lowest BCUT2D eigenvalue weighted by molar-refractivity contribution is 0.0735. The fourth-order valence-electron chi connectivity index (χ4n) is 3.11. The van der Waals surface area contributed by atoms with E-state index in [9.17, 15) is 13.2 Å². The van der Waals surface area contributed by atoms with Crippen molar-refractivity contribution in [3.05, 3.63) is 23.8 Å². The summed E-state index contributed by atoms with van der Waals surface area (Å²) in [7, 11) is -2.28. The summed E-state index contributed by atoms with van der Waals surface area (Å²) in [5, 5.41) is 0. The molecule has 7 heteroatoms. The van der Waals surface area contributed by atoms with E-state index in [4.69, 9.17) is 4.74 Å². The van der Waals surface area contributed by atoms with Gasteiger partial charge in [0.25, 0.3) is 5.91 Å². The highest BCUT2D eigenvalue weighted by molar-refractivity contribution is 7.89. The number of rotatable bonds is 10. The fraction of sp³-hybridized carbons (Fsp3) is 0.650. The summed E-state index contributed by atoms with van der Waals surface area (Å²) in [5.41, 5.74) is 0.400. The molecule has 0 aromatic heterocycles. The molecule has 0 saturated heterocycles. The van der Waals surface area contributed by atoms with Gasteiger partial charge < -0.3 is 9.64 Å². The number of hydrogen-bond donors (Lipinski definition) is 0. The number of ether oxygens (including phenoxy) is 1. The highest BCUT2D eigenvalue weighted by Gasteiger charge is 2.34. The zero-order valence-corrected chi connectivity index (χ0v) is 17.9. The van der Waals surface area contributed by atoms with Crippen LogP contribution in [0.2, 0.25) is 0 Å². The molecule has 6 nitrogen and oxygen atoms in total. The molecule has 1 saturated carbocycles. The zero-order chi connectivity index (χ0) is 20.2. The predicted octanol–water partition coefficient (Wildman–Crippen LogP) is 3.38. The van der Waals surface area contributed by atoms with Crippen LogP contribution in [0.25, 0.3) is 0 Å². The van der Waals surface area contributed by atoms with Gasteiger partial charge >= 0.3 is 0 Å². The number of carbonyl (C=O) groups excluding carboxylic acids is 1. The summed E-state index contributed by atoms with van der Waals surface area (Å²) < 4.78 is 32.6. The van der Waals surface area contributed by atoms with Gasteiger partial charge in [0.1, 0.15) is 10.6 Å². The Labute approximate surface area is 163 Å². The third-order valence-electron chi connectivity index (χ3n) is 4.93. The first-order chi connectivity index (χ1) is 12.8.